The fourth-order valence-corrected chi connectivity index (χ4v) is 1.50. The molecule has 0 fully saturated rings. The number of pyridine rings is 1. The third kappa shape index (κ3) is 2.01. The molecule has 0 saturated heterocycles. The molecule has 0 radical (unpaired) electrons. The van der Waals surface area contributed by atoms with Crippen molar-refractivity contribution in [1.29, 1.82) is 0 Å². The molecule has 2 heterocycles. The minimum atomic E-state index is 0.750. The van der Waals surface area contributed by atoms with Gasteiger partial charge in [-0.1, -0.05) is 0 Å². The molecule has 0 bridgehead atoms. The minimum absolute atomic E-state index is 0.750. The van der Waals surface area contributed by atoms with Crippen molar-refractivity contribution in [2.45, 2.75) is 20.8 Å². The molecule has 0 aliphatic heterocycles. The maximum atomic E-state index is 4.40. The molecule has 0 saturated carbocycles. The Hall–Kier alpha value is -1.77. The summed E-state index contributed by atoms with van der Waals surface area (Å²) in [6.45, 7) is 5.92. The quantitative estimate of drug-likeness (QED) is 0.708. The molecule has 2 rings (SSSR count). The monoisotopic (exact) mass is 199 g/mol. The molecule has 0 N–H and O–H groups in total. The molecule has 0 unspecified atom stereocenters. The zero-order valence-electron chi connectivity index (χ0n) is 9.15. The van der Waals surface area contributed by atoms with Crippen molar-refractivity contribution in [2.75, 3.05) is 0 Å². The second-order valence-electron chi connectivity index (χ2n) is 3.61. The van der Waals surface area contributed by atoms with Crippen molar-refractivity contribution in [1.82, 2.24) is 15.0 Å². The van der Waals surface area contributed by atoms with Gasteiger partial charge in [-0.25, -0.2) is 9.97 Å². The van der Waals surface area contributed by atoms with Crippen LogP contribution in [0.3, 0.4) is 0 Å². The highest BCUT2D eigenvalue weighted by Gasteiger charge is 2.05. The van der Waals surface area contributed by atoms with Gasteiger partial charge in [0, 0.05) is 28.8 Å². The van der Waals surface area contributed by atoms with E-state index in [-0.39, 0.29) is 0 Å². The second kappa shape index (κ2) is 3.77. The summed E-state index contributed by atoms with van der Waals surface area (Å²) in [5.74, 6) is 0.750. The fraction of sp³-hybridized carbons (Fsp3) is 0.250. The molecule has 0 atom stereocenters. The van der Waals surface area contributed by atoms with Crippen LogP contribution in [0.2, 0.25) is 0 Å². The van der Waals surface area contributed by atoms with Gasteiger partial charge in [0.15, 0.2) is 5.82 Å². The van der Waals surface area contributed by atoms with Crippen LogP contribution in [-0.2, 0) is 0 Å². The average Bonchev–Trinajstić information content (AvgIpc) is 2.17. The fourth-order valence-electron chi connectivity index (χ4n) is 1.50. The van der Waals surface area contributed by atoms with E-state index in [4.69, 9.17) is 0 Å². The summed E-state index contributed by atoms with van der Waals surface area (Å²) in [6, 6.07) is 5.89. The highest BCUT2D eigenvalue weighted by molar-refractivity contribution is 5.57. The molecule has 2 aromatic rings. The van der Waals surface area contributed by atoms with Crippen LogP contribution < -0.4 is 0 Å². The Morgan fingerprint density at radius 3 is 2.27 bits per heavy atom. The number of rotatable bonds is 1. The first-order valence-corrected chi connectivity index (χ1v) is 4.91. The summed E-state index contributed by atoms with van der Waals surface area (Å²) >= 11 is 0. The lowest BCUT2D eigenvalue weighted by atomic mass is 10.1. The van der Waals surface area contributed by atoms with Gasteiger partial charge in [0.25, 0.3) is 0 Å². The van der Waals surface area contributed by atoms with Crippen LogP contribution in [0.5, 0.6) is 0 Å². The van der Waals surface area contributed by atoms with E-state index in [1.165, 1.54) is 0 Å². The molecule has 3 nitrogen and oxygen atoms in total. The summed E-state index contributed by atoms with van der Waals surface area (Å²) in [4.78, 5) is 13.0. The van der Waals surface area contributed by atoms with E-state index in [0.717, 1.165) is 28.5 Å². The topological polar surface area (TPSA) is 38.7 Å². The van der Waals surface area contributed by atoms with Gasteiger partial charge < -0.3 is 0 Å². The first-order chi connectivity index (χ1) is 7.16. The minimum Gasteiger partial charge on any atom is -0.258 e. The van der Waals surface area contributed by atoms with Crippen molar-refractivity contribution in [2.24, 2.45) is 0 Å². The smallest absolute Gasteiger partial charge is 0.161 e. The summed E-state index contributed by atoms with van der Waals surface area (Å²) in [6.07, 6.45) is 1.77. The highest BCUT2D eigenvalue weighted by atomic mass is 14.9. The van der Waals surface area contributed by atoms with Crippen molar-refractivity contribution in [3.63, 3.8) is 0 Å². The molecule has 0 aromatic carbocycles. The molecule has 0 amide bonds. The predicted molar refractivity (Wildman–Crippen MR) is 59.5 cm³/mol. The first-order valence-electron chi connectivity index (χ1n) is 4.91. The lowest BCUT2D eigenvalue weighted by molar-refractivity contribution is 1.07. The van der Waals surface area contributed by atoms with Gasteiger partial charge in [0.2, 0.25) is 0 Å². The highest BCUT2D eigenvalue weighted by Crippen LogP contribution is 2.17. The Morgan fingerprint density at radius 2 is 1.60 bits per heavy atom. The maximum Gasteiger partial charge on any atom is 0.161 e. The summed E-state index contributed by atoms with van der Waals surface area (Å²) in [5.41, 5.74) is 3.97. The van der Waals surface area contributed by atoms with Gasteiger partial charge >= 0.3 is 0 Å². The van der Waals surface area contributed by atoms with Crippen molar-refractivity contribution in [3.8, 4) is 11.4 Å². The van der Waals surface area contributed by atoms with Gasteiger partial charge in [-0.05, 0) is 39.0 Å². The molecular formula is C12H13N3. The van der Waals surface area contributed by atoms with Crippen LogP contribution in [-0.4, -0.2) is 15.0 Å². The average molecular weight is 199 g/mol. The zero-order valence-corrected chi connectivity index (χ0v) is 9.15. The molecule has 0 aliphatic rings. The van der Waals surface area contributed by atoms with Gasteiger partial charge in [-0.2, -0.15) is 0 Å². The summed E-state index contributed by atoms with van der Waals surface area (Å²) < 4.78 is 0. The molecule has 3 heteroatoms. The SMILES string of the molecule is Cc1ccnc(-c2ccc(C)nc2C)n1. The van der Waals surface area contributed by atoms with Crippen LogP contribution >= 0.6 is 0 Å². The molecule has 0 spiro atoms. The van der Waals surface area contributed by atoms with E-state index in [2.05, 4.69) is 15.0 Å². The van der Waals surface area contributed by atoms with Crippen LogP contribution in [0, 0.1) is 20.8 Å². The Labute approximate surface area is 89.2 Å². The van der Waals surface area contributed by atoms with E-state index < -0.39 is 0 Å². The first kappa shape index (κ1) is 9.77. The lowest BCUT2D eigenvalue weighted by Gasteiger charge is -2.04. The van der Waals surface area contributed by atoms with Gasteiger partial charge in [-0.15, -0.1) is 0 Å². The van der Waals surface area contributed by atoms with E-state index >= 15 is 0 Å². The standard InChI is InChI=1S/C12H13N3/c1-8-4-5-11(10(3)14-8)12-13-7-6-9(2)15-12/h4-7H,1-3H3. The molecular weight excluding hydrogens is 186 g/mol. The Morgan fingerprint density at radius 1 is 0.867 bits per heavy atom. The van der Waals surface area contributed by atoms with Crippen LogP contribution in [0.25, 0.3) is 11.4 Å². The molecule has 15 heavy (non-hydrogen) atoms. The lowest BCUT2D eigenvalue weighted by Crippen LogP contribution is -1.95. The number of aromatic nitrogens is 3. The number of hydrogen-bond donors (Lipinski definition) is 0. The molecule has 0 aliphatic carbocycles. The summed E-state index contributed by atoms with van der Waals surface area (Å²) in [5, 5.41) is 0. The Kier molecular flexibility index (Phi) is 2.46. The van der Waals surface area contributed by atoms with Crippen molar-refractivity contribution in [3.05, 3.63) is 41.5 Å². The van der Waals surface area contributed by atoms with E-state index in [9.17, 15) is 0 Å². The molecule has 76 valence electrons. The van der Waals surface area contributed by atoms with Gasteiger partial charge in [-0.3, -0.25) is 4.98 Å². The van der Waals surface area contributed by atoms with Crippen LogP contribution in [0.4, 0.5) is 0 Å². The van der Waals surface area contributed by atoms with Gasteiger partial charge in [0.05, 0.1) is 0 Å². The normalized spacial score (nSPS) is 10.3. The van der Waals surface area contributed by atoms with E-state index in [1.807, 2.05) is 39.0 Å². The largest absolute Gasteiger partial charge is 0.258 e. The molecule has 2 aromatic heterocycles. The van der Waals surface area contributed by atoms with E-state index in [0.29, 0.717) is 0 Å². The number of aryl methyl sites for hydroxylation is 3. The Balaban J connectivity index is 2.54. The second-order valence-corrected chi connectivity index (χ2v) is 3.61. The predicted octanol–water partition coefficient (Wildman–Crippen LogP) is 2.46. The van der Waals surface area contributed by atoms with Crippen LogP contribution in [0.15, 0.2) is 24.4 Å². The van der Waals surface area contributed by atoms with Crippen molar-refractivity contribution < 1.29 is 0 Å². The van der Waals surface area contributed by atoms with Crippen molar-refractivity contribution >= 4 is 0 Å². The Bertz CT molecular complexity index is 492. The summed E-state index contributed by atoms with van der Waals surface area (Å²) in [7, 11) is 0. The van der Waals surface area contributed by atoms with Crippen LogP contribution in [0.1, 0.15) is 17.1 Å². The number of hydrogen-bond acceptors (Lipinski definition) is 3. The third-order valence-electron chi connectivity index (χ3n) is 2.26. The van der Waals surface area contributed by atoms with E-state index in [1.54, 1.807) is 6.20 Å². The zero-order chi connectivity index (χ0) is 10.8. The van der Waals surface area contributed by atoms with Gasteiger partial charge in [0.1, 0.15) is 0 Å². The number of nitrogens with zero attached hydrogens (tertiary/aromatic N) is 3. The maximum absolute atomic E-state index is 4.40. The third-order valence-corrected chi connectivity index (χ3v) is 2.26.